The Bertz CT molecular complexity index is 473. The van der Waals surface area contributed by atoms with Crippen molar-refractivity contribution >= 4 is 17.3 Å². The fourth-order valence-electron chi connectivity index (χ4n) is 2.21. The summed E-state index contributed by atoms with van der Waals surface area (Å²) < 4.78 is 5.43. The summed E-state index contributed by atoms with van der Waals surface area (Å²) in [6, 6.07) is 2.02. The molecule has 0 amide bonds. The second kappa shape index (κ2) is 6.35. The maximum Gasteiger partial charge on any atom is 0.333 e. The standard InChI is InChI=1S/C15H20O3S/c1-10(2)13-6-5-12(15(17)18-13)4-3-11-7-8-19-14(11)9-16/h5,7-8,10,13,16H,3-4,6,9H2,1-2H3. The van der Waals surface area contributed by atoms with Crippen molar-refractivity contribution in [1.82, 2.24) is 0 Å². The lowest BCUT2D eigenvalue weighted by atomic mass is 9.97. The third-order valence-electron chi connectivity index (χ3n) is 3.51. The Balaban J connectivity index is 1.95. The Morgan fingerprint density at radius 3 is 2.89 bits per heavy atom. The number of hydrogen-bond acceptors (Lipinski definition) is 4. The smallest absolute Gasteiger partial charge is 0.333 e. The number of rotatable bonds is 5. The molecule has 3 nitrogen and oxygen atoms in total. The number of cyclic esters (lactones) is 1. The zero-order chi connectivity index (χ0) is 13.8. The first kappa shape index (κ1) is 14.3. The molecule has 104 valence electrons. The molecule has 0 fully saturated rings. The minimum absolute atomic E-state index is 0.0189. The zero-order valence-corrected chi connectivity index (χ0v) is 12.2. The minimum atomic E-state index is -0.175. The van der Waals surface area contributed by atoms with E-state index in [4.69, 9.17) is 4.74 Å². The van der Waals surface area contributed by atoms with E-state index in [9.17, 15) is 9.90 Å². The molecule has 1 aromatic rings. The van der Waals surface area contributed by atoms with Crippen LogP contribution in [0.4, 0.5) is 0 Å². The Morgan fingerprint density at radius 2 is 2.26 bits per heavy atom. The van der Waals surface area contributed by atoms with Crippen LogP contribution in [0.15, 0.2) is 23.1 Å². The van der Waals surface area contributed by atoms with Crippen LogP contribution in [0, 0.1) is 5.92 Å². The van der Waals surface area contributed by atoms with Crippen LogP contribution < -0.4 is 0 Å². The van der Waals surface area contributed by atoms with E-state index >= 15 is 0 Å². The highest BCUT2D eigenvalue weighted by atomic mass is 32.1. The van der Waals surface area contributed by atoms with Crippen molar-refractivity contribution in [2.75, 3.05) is 0 Å². The van der Waals surface area contributed by atoms with Gasteiger partial charge in [-0.2, -0.15) is 0 Å². The van der Waals surface area contributed by atoms with Crippen LogP contribution in [0.25, 0.3) is 0 Å². The average Bonchev–Trinajstić information content (AvgIpc) is 2.84. The van der Waals surface area contributed by atoms with E-state index in [1.54, 1.807) is 11.3 Å². The van der Waals surface area contributed by atoms with Crippen molar-refractivity contribution < 1.29 is 14.6 Å². The molecule has 0 spiro atoms. The van der Waals surface area contributed by atoms with Crippen molar-refractivity contribution in [2.45, 2.75) is 45.8 Å². The second-order valence-corrected chi connectivity index (χ2v) is 6.18. The molecule has 4 heteroatoms. The van der Waals surface area contributed by atoms with Gasteiger partial charge in [-0.05, 0) is 35.8 Å². The fourth-order valence-corrected chi connectivity index (χ4v) is 3.01. The SMILES string of the molecule is CC(C)C1CC=C(CCc2ccsc2CO)C(=O)O1. The largest absolute Gasteiger partial charge is 0.458 e. The normalized spacial score (nSPS) is 19.5. The van der Waals surface area contributed by atoms with Gasteiger partial charge in [-0.15, -0.1) is 11.3 Å². The van der Waals surface area contributed by atoms with Crippen LogP contribution in [0.1, 0.15) is 37.1 Å². The second-order valence-electron chi connectivity index (χ2n) is 5.18. The van der Waals surface area contributed by atoms with E-state index in [1.807, 2.05) is 17.5 Å². The van der Waals surface area contributed by atoms with Crippen LogP contribution in [0.5, 0.6) is 0 Å². The summed E-state index contributed by atoms with van der Waals surface area (Å²) in [5.41, 5.74) is 1.90. The molecular weight excluding hydrogens is 260 g/mol. The number of carbonyl (C=O) groups is 1. The lowest BCUT2D eigenvalue weighted by molar-refractivity contribution is -0.147. The van der Waals surface area contributed by atoms with Crippen molar-refractivity contribution in [2.24, 2.45) is 5.92 Å². The van der Waals surface area contributed by atoms with Crippen molar-refractivity contribution in [3.63, 3.8) is 0 Å². The van der Waals surface area contributed by atoms with Crippen molar-refractivity contribution in [1.29, 1.82) is 0 Å². The van der Waals surface area contributed by atoms with Gasteiger partial charge in [0.25, 0.3) is 0 Å². The quantitative estimate of drug-likeness (QED) is 0.843. The van der Waals surface area contributed by atoms with Gasteiger partial charge in [0.2, 0.25) is 0 Å². The molecule has 1 aliphatic heterocycles. The van der Waals surface area contributed by atoms with E-state index in [-0.39, 0.29) is 18.7 Å². The number of ether oxygens (including phenoxy) is 1. The monoisotopic (exact) mass is 280 g/mol. The molecule has 0 saturated heterocycles. The van der Waals surface area contributed by atoms with Crippen LogP contribution in [-0.2, 0) is 22.6 Å². The van der Waals surface area contributed by atoms with E-state index in [0.717, 1.165) is 28.9 Å². The summed E-state index contributed by atoms with van der Waals surface area (Å²) in [5.74, 6) is 0.186. The first-order valence-corrected chi connectivity index (χ1v) is 7.56. The van der Waals surface area contributed by atoms with E-state index in [0.29, 0.717) is 12.3 Å². The molecule has 0 saturated carbocycles. The maximum atomic E-state index is 11.9. The van der Waals surface area contributed by atoms with Crippen LogP contribution in [0.3, 0.4) is 0 Å². The first-order chi connectivity index (χ1) is 9.11. The number of aliphatic hydroxyl groups is 1. The predicted molar refractivity (Wildman–Crippen MR) is 76.0 cm³/mol. The number of carbonyl (C=O) groups excluding carboxylic acids is 1. The lowest BCUT2D eigenvalue weighted by Gasteiger charge is -2.25. The Hall–Kier alpha value is -1.13. The summed E-state index contributed by atoms with van der Waals surface area (Å²) in [5, 5.41) is 11.2. The summed E-state index contributed by atoms with van der Waals surface area (Å²) in [7, 11) is 0. The molecule has 1 aromatic heterocycles. The number of hydrogen-bond donors (Lipinski definition) is 1. The van der Waals surface area contributed by atoms with Crippen molar-refractivity contribution in [3.05, 3.63) is 33.5 Å². The number of esters is 1. The van der Waals surface area contributed by atoms with Crippen LogP contribution in [0.2, 0.25) is 0 Å². The van der Waals surface area contributed by atoms with Gasteiger partial charge < -0.3 is 9.84 Å². The summed E-state index contributed by atoms with van der Waals surface area (Å²) in [6.45, 7) is 4.21. The minimum Gasteiger partial charge on any atom is -0.458 e. The van der Waals surface area contributed by atoms with Gasteiger partial charge in [0.15, 0.2) is 0 Å². The topological polar surface area (TPSA) is 46.5 Å². The van der Waals surface area contributed by atoms with Gasteiger partial charge in [-0.1, -0.05) is 19.9 Å². The van der Waals surface area contributed by atoms with Gasteiger partial charge in [0.1, 0.15) is 6.10 Å². The molecule has 0 radical (unpaired) electrons. The third kappa shape index (κ3) is 3.45. The molecular formula is C15H20O3S. The molecule has 2 rings (SSSR count). The summed E-state index contributed by atoms with van der Waals surface area (Å²) in [6.07, 6.45) is 4.32. The first-order valence-electron chi connectivity index (χ1n) is 6.68. The zero-order valence-electron chi connectivity index (χ0n) is 11.4. The molecule has 1 aliphatic rings. The van der Waals surface area contributed by atoms with Crippen molar-refractivity contribution in [3.8, 4) is 0 Å². The Kier molecular flexibility index (Phi) is 4.77. The molecule has 1 N–H and O–H groups in total. The van der Waals surface area contributed by atoms with E-state index < -0.39 is 0 Å². The van der Waals surface area contributed by atoms with E-state index in [1.165, 1.54) is 0 Å². The van der Waals surface area contributed by atoms with Gasteiger partial charge in [0, 0.05) is 16.9 Å². The maximum absolute atomic E-state index is 11.9. The molecule has 1 atom stereocenters. The van der Waals surface area contributed by atoms with Gasteiger partial charge in [-0.25, -0.2) is 4.79 Å². The number of thiophene rings is 1. The number of aryl methyl sites for hydroxylation is 1. The lowest BCUT2D eigenvalue weighted by Crippen LogP contribution is -2.28. The summed E-state index contributed by atoms with van der Waals surface area (Å²) in [4.78, 5) is 12.9. The Morgan fingerprint density at radius 1 is 1.47 bits per heavy atom. The predicted octanol–water partition coefficient (Wildman–Crippen LogP) is 3.07. The molecule has 19 heavy (non-hydrogen) atoms. The molecule has 0 bridgehead atoms. The fraction of sp³-hybridized carbons (Fsp3) is 0.533. The molecule has 2 heterocycles. The third-order valence-corrected chi connectivity index (χ3v) is 4.45. The molecule has 1 unspecified atom stereocenters. The van der Waals surface area contributed by atoms with Crippen LogP contribution in [-0.4, -0.2) is 17.2 Å². The van der Waals surface area contributed by atoms with Crippen LogP contribution >= 0.6 is 11.3 Å². The van der Waals surface area contributed by atoms with Gasteiger partial charge in [0.05, 0.1) is 6.61 Å². The summed E-state index contributed by atoms with van der Waals surface area (Å²) >= 11 is 1.56. The highest BCUT2D eigenvalue weighted by Crippen LogP contribution is 2.24. The average molecular weight is 280 g/mol. The van der Waals surface area contributed by atoms with Gasteiger partial charge in [-0.3, -0.25) is 0 Å². The molecule has 0 aromatic carbocycles. The highest BCUT2D eigenvalue weighted by molar-refractivity contribution is 7.10. The molecule has 0 aliphatic carbocycles. The Labute approximate surface area is 117 Å². The van der Waals surface area contributed by atoms with E-state index in [2.05, 4.69) is 13.8 Å². The number of aliphatic hydroxyl groups excluding tert-OH is 1. The van der Waals surface area contributed by atoms with Gasteiger partial charge >= 0.3 is 5.97 Å². The highest BCUT2D eigenvalue weighted by Gasteiger charge is 2.24.